The van der Waals surface area contributed by atoms with Gasteiger partial charge in [-0.3, -0.25) is 0 Å². The maximum Gasteiger partial charge on any atom is 0.227 e. The molecule has 0 amide bonds. The van der Waals surface area contributed by atoms with Gasteiger partial charge in [-0.05, 0) is 32.3 Å². The van der Waals surface area contributed by atoms with Crippen LogP contribution >= 0.6 is 0 Å². The molecular formula is C23H28N4. The third kappa shape index (κ3) is 5.30. The highest BCUT2D eigenvalue weighted by atomic mass is 15.3. The topological polar surface area (TPSA) is 41.1 Å². The third-order valence-corrected chi connectivity index (χ3v) is 4.62. The van der Waals surface area contributed by atoms with Crippen LogP contribution in [-0.4, -0.2) is 29.6 Å². The fourth-order valence-corrected chi connectivity index (χ4v) is 3.08. The molecule has 2 aromatic carbocycles. The molecule has 0 atom stereocenters. The summed E-state index contributed by atoms with van der Waals surface area (Å²) in [6, 6.07) is 22.9. The summed E-state index contributed by atoms with van der Waals surface area (Å²) in [7, 11) is 0. The first-order chi connectivity index (χ1) is 13.3. The van der Waals surface area contributed by atoms with Gasteiger partial charge in [0.15, 0.2) is 0 Å². The van der Waals surface area contributed by atoms with Crippen LogP contribution in [0.1, 0.15) is 25.8 Å². The lowest BCUT2D eigenvalue weighted by molar-refractivity contribution is 0.817. The van der Waals surface area contributed by atoms with E-state index >= 15 is 0 Å². The van der Waals surface area contributed by atoms with Crippen LogP contribution in [0.2, 0.25) is 0 Å². The molecule has 0 aliphatic rings. The van der Waals surface area contributed by atoms with Crippen molar-refractivity contribution >= 4 is 11.8 Å². The van der Waals surface area contributed by atoms with Gasteiger partial charge in [-0.15, -0.1) is 0 Å². The Hall–Kier alpha value is -2.88. The van der Waals surface area contributed by atoms with Crippen molar-refractivity contribution in [1.82, 2.24) is 9.97 Å². The van der Waals surface area contributed by atoms with Crippen molar-refractivity contribution in [2.75, 3.05) is 29.9 Å². The molecule has 1 heterocycles. The Labute approximate surface area is 162 Å². The van der Waals surface area contributed by atoms with Crippen LogP contribution in [0, 0.1) is 0 Å². The van der Waals surface area contributed by atoms with Crippen LogP contribution < -0.4 is 10.2 Å². The molecule has 0 saturated heterocycles. The quantitative estimate of drug-likeness (QED) is 0.543. The van der Waals surface area contributed by atoms with Gasteiger partial charge in [0, 0.05) is 31.3 Å². The van der Waals surface area contributed by atoms with Crippen LogP contribution in [0.3, 0.4) is 0 Å². The number of nitrogens with one attached hydrogen (secondary N) is 1. The summed E-state index contributed by atoms with van der Waals surface area (Å²) < 4.78 is 0. The van der Waals surface area contributed by atoms with Crippen molar-refractivity contribution in [3.05, 3.63) is 72.3 Å². The first-order valence-corrected chi connectivity index (χ1v) is 9.77. The van der Waals surface area contributed by atoms with Gasteiger partial charge in [-0.25, -0.2) is 4.98 Å². The van der Waals surface area contributed by atoms with E-state index < -0.39 is 0 Å². The van der Waals surface area contributed by atoms with E-state index in [-0.39, 0.29) is 0 Å². The SMILES string of the molecule is CCN(CC)c1nc(NCCCc2ccccc2)cc(-c2ccccc2)n1. The van der Waals surface area contributed by atoms with Crippen molar-refractivity contribution in [1.29, 1.82) is 0 Å². The molecule has 0 saturated carbocycles. The molecule has 0 fully saturated rings. The average molecular weight is 361 g/mol. The molecule has 3 rings (SSSR count). The standard InChI is InChI=1S/C23H28N4/c1-3-27(4-2)23-25-21(20-15-9-6-10-16-20)18-22(26-23)24-17-11-14-19-12-7-5-8-13-19/h5-10,12-13,15-16,18H,3-4,11,14,17H2,1-2H3,(H,24,25,26). The van der Waals surface area contributed by atoms with Crippen molar-refractivity contribution in [3.8, 4) is 11.3 Å². The van der Waals surface area contributed by atoms with Crippen molar-refractivity contribution < 1.29 is 0 Å². The van der Waals surface area contributed by atoms with Gasteiger partial charge in [0.05, 0.1) is 5.69 Å². The van der Waals surface area contributed by atoms with Crippen LogP contribution in [0.5, 0.6) is 0 Å². The van der Waals surface area contributed by atoms with E-state index in [1.54, 1.807) is 0 Å². The zero-order chi connectivity index (χ0) is 18.9. The van der Waals surface area contributed by atoms with Crippen molar-refractivity contribution in [2.45, 2.75) is 26.7 Å². The zero-order valence-electron chi connectivity index (χ0n) is 16.2. The van der Waals surface area contributed by atoms with Crippen LogP contribution in [0.25, 0.3) is 11.3 Å². The molecule has 0 aliphatic carbocycles. The van der Waals surface area contributed by atoms with Gasteiger partial charge in [0.25, 0.3) is 0 Å². The molecule has 4 heteroatoms. The fourth-order valence-electron chi connectivity index (χ4n) is 3.08. The maximum atomic E-state index is 4.80. The lowest BCUT2D eigenvalue weighted by atomic mass is 10.1. The largest absolute Gasteiger partial charge is 0.370 e. The number of nitrogens with zero attached hydrogens (tertiary/aromatic N) is 3. The number of rotatable bonds is 9. The Morgan fingerprint density at radius 1 is 0.852 bits per heavy atom. The Bertz CT molecular complexity index is 814. The second kappa shape index (κ2) is 9.72. The molecule has 140 valence electrons. The summed E-state index contributed by atoms with van der Waals surface area (Å²) in [6.07, 6.45) is 2.13. The molecule has 0 aliphatic heterocycles. The Kier molecular flexibility index (Phi) is 6.80. The second-order valence-corrected chi connectivity index (χ2v) is 6.49. The minimum Gasteiger partial charge on any atom is -0.370 e. The monoisotopic (exact) mass is 360 g/mol. The van der Waals surface area contributed by atoms with E-state index in [1.807, 2.05) is 24.3 Å². The Balaban J connectivity index is 1.73. The lowest BCUT2D eigenvalue weighted by Gasteiger charge is -2.20. The molecule has 0 bridgehead atoms. The summed E-state index contributed by atoms with van der Waals surface area (Å²) in [5.74, 6) is 1.67. The fraction of sp³-hybridized carbons (Fsp3) is 0.304. The smallest absolute Gasteiger partial charge is 0.227 e. The molecule has 1 aromatic heterocycles. The predicted octanol–water partition coefficient (Wildman–Crippen LogP) is 5.03. The van der Waals surface area contributed by atoms with E-state index in [0.29, 0.717) is 0 Å². The summed E-state index contributed by atoms with van der Waals surface area (Å²) in [6.45, 7) is 6.94. The van der Waals surface area contributed by atoms with Crippen molar-refractivity contribution in [3.63, 3.8) is 0 Å². The van der Waals surface area contributed by atoms with Gasteiger partial charge in [-0.2, -0.15) is 4.98 Å². The van der Waals surface area contributed by atoms with Gasteiger partial charge in [0.2, 0.25) is 5.95 Å². The number of benzene rings is 2. The molecule has 0 radical (unpaired) electrons. The highest BCUT2D eigenvalue weighted by Crippen LogP contribution is 2.23. The van der Waals surface area contributed by atoms with Gasteiger partial charge in [-0.1, -0.05) is 60.7 Å². The van der Waals surface area contributed by atoms with Crippen LogP contribution in [0.15, 0.2) is 66.7 Å². The molecular weight excluding hydrogens is 332 g/mol. The van der Waals surface area contributed by atoms with Gasteiger partial charge in [0.1, 0.15) is 5.82 Å². The van der Waals surface area contributed by atoms with E-state index in [4.69, 9.17) is 9.97 Å². The maximum absolute atomic E-state index is 4.80. The number of hydrogen-bond acceptors (Lipinski definition) is 4. The van der Waals surface area contributed by atoms with Crippen molar-refractivity contribution in [2.24, 2.45) is 0 Å². The normalized spacial score (nSPS) is 10.6. The summed E-state index contributed by atoms with van der Waals surface area (Å²) >= 11 is 0. The molecule has 0 unspecified atom stereocenters. The Morgan fingerprint density at radius 2 is 1.52 bits per heavy atom. The lowest BCUT2D eigenvalue weighted by Crippen LogP contribution is -2.24. The minimum absolute atomic E-state index is 0.784. The number of aromatic nitrogens is 2. The number of anilines is 2. The molecule has 27 heavy (non-hydrogen) atoms. The first-order valence-electron chi connectivity index (χ1n) is 9.77. The highest BCUT2D eigenvalue weighted by molar-refractivity contribution is 5.64. The van der Waals surface area contributed by atoms with E-state index in [0.717, 1.165) is 55.5 Å². The third-order valence-electron chi connectivity index (χ3n) is 4.62. The predicted molar refractivity (Wildman–Crippen MR) is 114 cm³/mol. The van der Waals surface area contributed by atoms with E-state index in [9.17, 15) is 0 Å². The molecule has 3 aromatic rings. The van der Waals surface area contributed by atoms with Crippen LogP contribution in [-0.2, 0) is 6.42 Å². The number of hydrogen-bond donors (Lipinski definition) is 1. The van der Waals surface area contributed by atoms with E-state index in [2.05, 4.69) is 66.5 Å². The molecule has 4 nitrogen and oxygen atoms in total. The number of aryl methyl sites for hydroxylation is 1. The second-order valence-electron chi connectivity index (χ2n) is 6.49. The summed E-state index contributed by atoms with van der Waals surface area (Å²) in [5, 5.41) is 3.49. The highest BCUT2D eigenvalue weighted by Gasteiger charge is 2.11. The Morgan fingerprint density at radius 3 is 2.19 bits per heavy atom. The minimum atomic E-state index is 0.784. The summed E-state index contributed by atoms with van der Waals surface area (Å²) in [5.41, 5.74) is 3.44. The average Bonchev–Trinajstić information content (AvgIpc) is 2.73. The van der Waals surface area contributed by atoms with Gasteiger partial charge >= 0.3 is 0 Å². The zero-order valence-corrected chi connectivity index (χ0v) is 16.2. The van der Waals surface area contributed by atoms with Gasteiger partial charge < -0.3 is 10.2 Å². The molecule has 0 spiro atoms. The first kappa shape index (κ1) is 18.9. The summed E-state index contributed by atoms with van der Waals surface area (Å²) in [4.78, 5) is 11.7. The molecule has 1 N–H and O–H groups in total. The van der Waals surface area contributed by atoms with E-state index in [1.165, 1.54) is 5.56 Å². The van der Waals surface area contributed by atoms with Crippen LogP contribution in [0.4, 0.5) is 11.8 Å².